The molecule has 2 aliphatic rings. The summed E-state index contributed by atoms with van der Waals surface area (Å²) in [6.45, 7) is 9.46. The normalized spacial score (nSPS) is 22.7. The van der Waals surface area contributed by atoms with Crippen LogP contribution in [-0.4, -0.2) is 52.8 Å². The van der Waals surface area contributed by atoms with Crippen molar-refractivity contribution in [3.63, 3.8) is 0 Å². The molecule has 2 N–H and O–H groups in total. The first kappa shape index (κ1) is 25.0. The second-order valence-corrected chi connectivity index (χ2v) is 10.1. The molecule has 1 aromatic heterocycles. The van der Waals surface area contributed by atoms with E-state index >= 15 is 0 Å². The highest BCUT2D eigenvalue weighted by atomic mass is 19.2. The van der Waals surface area contributed by atoms with E-state index in [2.05, 4.69) is 20.6 Å². The molecule has 1 aromatic carbocycles. The number of hydrogen-bond acceptors (Lipinski definition) is 7. The molecule has 4 rings (SSSR count). The van der Waals surface area contributed by atoms with Gasteiger partial charge in [0.2, 0.25) is 11.9 Å². The van der Waals surface area contributed by atoms with Gasteiger partial charge in [0.15, 0.2) is 23.3 Å². The molecule has 190 valence electrons. The Labute approximate surface area is 202 Å². The first-order chi connectivity index (χ1) is 16.3. The van der Waals surface area contributed by atoms with Crippen LogP contribution in [0.3, 0.4) is 0 Å². The van der Waals surface area contributed by atoms with Gasteiger partial charge in [-0.1, -0.05) is 0 Å². The summed E-state index contributed by atoms with van der Waals surface area (Å²) in [7, 11) is 1.80. The lowest BCUT2D eigenvalue weighted by Crippen LogP contribution is -2.54. The van der Waals surface area contributed by atoms with E-state index < -0.39 is 29.1 Å². The molecular formula is C24H30F3N5O3. The molecule has 1 aliphatic carbocycles. The largest absolute Gasteiger partial charge is 0.490 e. The molecular weight excluding hydrogens is 463 g/mol. The Bertz CT molecular complexity index is 1110. The summed E-state index contributed by atoms with van der Waals surface area (Å²) in [6.07, 6.45) is 0.431. The van der Waals surface area contributed by atoms with E-state index in [1.54, 1.807) is 18.9 Å². The maximum absolute atomic E-state index is 13.4. The number of carbonyl (C=O) groups is 1. The first-order valence-corrected chi connectivity index (χ1v) is 11.5. The summed E-state index contributed by atoms with van der Waals surface area (Å²) >= 11 is 0. The van der Waals surface area contributed by atoms with E-state index in [1.165, 1.54) is 0 Å². The van der Waals surface area contributed by atoms with Gasteiger partial charge in [0.05, 0.1) is 17.4 Å². The number of hydrogen-bond donors (Lipinski definition) is 2. The number of nitrogens with zero attached hydrogens (tertiary/aromatic N) is 3. The molecule has 1 saturated carbocycles. The van der Waals surface area contributed by atoms with Crippen LogP contribution in [0.25, 0.3) is 0 Å². The van der Waals surface area contributed by atoms with Crippen molar-refractivity contribution in [1.29, 1.82) is 0 Å². The van der Waals surface area contributed by atoms with Crippen LogP contribution in [0.1, 0.15) is 46.2 Å². The number of anilines is 3. The predicted octanol–water partition coefficient (Wildman–Crippen LogP) is 4.18. The van der Waals surface area contributed by atoms with Crippen LogP contribution in [0.4, 0.5) is 30.6 Å². The van der Waals surface area contributed by atoms with Crippen molar-refractivity contribution in [2.45, 2.75) is 77.4 Å². The van der Waals surface area contributed by atoms with E-state index in [0.717, 1.165) is 12.1 Å². The molecule has 1 aliphatic heterocycles. The number of nitrogens with one attached hydrogen (secondary N) is 2. The minimum atomic E-state index is -1.52. The zero-order valence-electron chi connectivity index (χ0n) is 20.6. The highest BCUT2D eigenvalue weighted by Gasteiger charge is 2.39. The molecule has 0 bridgehead atoms. The molecule has 8 nitrogen and oxygen atoms in total. The van der Waals surface area contributed by atoms with Gasteiger partial charge < -0.3 is 25.0 Å². The molecule has 1 fully saturated rings. The maximum atomic E-state index is 13.4. The van der Waals surface area contributed by atoms with Crippen LogP contribution in [0.5, 0.6) is 5.75 Å². The number of benzene rings is 1. The van der Waals surface area contributed by atoms with E-state index in [9.17, 15) is 18.0 Å². The van der Waals surface area contributed by atoms with Crippen molar-refractivity contribution in [2.75, 3.05) is 22.6 Å². The van der Waals surface area contributed by atoms with Crippen molar-refractivity contribution >= 4 is 23.4 Å². The number of amides is 1. The first-order valence-electron chi connectivity index (χ1n) is 11.5. The van der Waals surface area contributed by atoms with Gasteiger partial charge in [0.1, 0.15) is 23.6 Å². The van der Waals surface area contributed by atoms with Crippen LogP contribution in [0, 0.1) is 24.4 Å². The summed E-state index contributed by atoms with van der Waals surface area (Å²) in [5.41, 5.74) is 0.756. The zero-order chi connectivity index (χ0) is 25.7. The standard InChI is InChI=1S/C24H30F3N5O3/c1-11-19-21(32(6)20(22(33)30-19)12(2)35-24(3,4)5)31-23(28-11)29-13-7-14(8-13)34-15-9-16(25)18(27)17(26)10-15/h9-10,12-14,20H,7-8H2,1-6H3,(H,30,33)(H,28,29,31)/t12-,13?,14?,20-/m0/s1. The predicted molar refractivity (Wildman–Crippen MR) is 125 cm³/mol. The Morgan fingerprint density at radius 3 is 2.40 bits per heavy atom. The van der Waals surface area contributed by atoms with Gasteiger partial charge in [-0.3, -0.25) is 4.79 Å². The number of rotatable bonds is 6. The number of aromatic nitrogens is 2. The number of aryl methyl sites for hydroxylation is 1. The van der Waals surface area contributed by atoms with Crippen LogP contribution in [0.2, 0.25) is 0 Å². The van der Waals surface area contributed by atoms with Gasteiger partial charge in [0.25, 0.3) is 0 Å². The Hall–Kier alpha value is -3.08. The Morgan fingerprint density at radius 2 is 1.80 bits per heavy atom. The quantitative estimate of drug-likeness (QED) is 0.584. The molecule has 2 aromatic rings. The summed E-state index contributed by atoms with van der Waals surface area (Å²) < 4.78 is 51.5. The van der Waals surface area contributed by atoms with E-state index in [-0.39, 0.29) is 29.9 Å². The zero-order valence-corrected chi connectivity index (χ0v) is 20.6. The lowest BCUT2D eigenvalue weighted by Gasteiger charge is -2.40. The molecule has 0 unspecified atom stereocenters. The van der Waals surface area contributed by atoms with Crippen LogP contribution >= 0.6 is 0 Å². The fraction of sp³-hybridized carbons (Fsp3) is 0.542. The van der Waals surface area contributed by atoms with E-state index in [4.69, 9.17) is 9.47 Å². The van der Waals surface area contributed by atoms with Crippen molar-refractivity contribution in [1.82, 2.24) is 9.97 Å². The van der Waals surface area contributed by atoms with Crippen molar-refractivity contribution in [2.24, 2.45) is 0 Å². The number of halogens is 3. The fourth-order valence-corrected chi connectivity index (χ4v) is 4.43. The minimum Gasteiger partial charge on any atom is -0.490 e. The molecule has 2 heterocycles. The fourth-order valence-electron chi connectivity index (χ4n) is 4.43. The van der Waals surface area contributed by atoms with Gasteiger partial charge in [-0.25, -0.2) is 18.2 Å². The van der Waals surface area contributed by atoms with E-state index in [0.29, 0.717) is 36.0 Å². The SMILES string of the molecule is Cc1nc(NC2CC(Oc3cc(F)c(F)c(F)c3)C2)nc2c1NC(=O)[C@H]([C@H](C)OC(C)(C)C)N2C. The lowest BCUT2D eigenvalue weighted by atomic mass is 9.89. The number of carbonyl (C=O) groups excluding carboxylic acids is 1. The second kappa shape index (κ2) is 9.18. The number of likely N-dealkylation sites (N-methyl/N-ethyl adjacent to an activating group) is 1. The summed E-state index contributed by atoms with van der Waals surface area (Å²) in [6, 6.07) is 1.08. The van der Waals surface area contributed by atoms with E-state index in [1.807, 2.05) is 27.7 Å². The van der Waals surface area contributed by atoms with Gasteiger partial charge in [-0.2, -0.15) is 4.98 Å². The second-order valence-electron chi connectivity index (χ2n) is 10.1. The Kier molecular flexibility index (Phi) is 6.56. The Morgan fingerprint density at radius 1 is 1.17 bits per heavy atom. The third-order valence-electron chi connectivity index (χ3n) is 6.01. The monoisotopic (exact) mass is 493 g/mol. The topological polar surface area (TPSA) is 88.6 Å². The average Bonchev–Trinajstić information content (AvgIpc) is 2.70. The molecule has 2 atom stereocenters. The van der Waals surface area contributed by atoms with Crippen molar-refractivity contribution in [3.8, 4) is 5.75 Å². The molecule has 11 heteroatoms. The van der Waals surface area contributed by atoms with Gasteiger partial charge in [-0.05, 0) is 34.6 Å². The van der Waals surface area contributed by atoms with Gasteiger partial charge in [0, 0.05) is 38.1 Å². The molecule has 0 radical (unpaired) electrons. The third-order valence-corrected chi connectivity index (χ3v) is 6.01. The third kappa shape index (κ3) is 5.29. The van der Waals surface area contributed by atoms with Crippen LogP contribution in [0.15, 0.2) is 12.1 Å². The smallest absolute Gasteiger partial charge is 0.249 e. The summed E-state index contributed by atoms with van der Waals surface area (Å²) in [5.74, 6) is -3.36. The van der Waals surface area contributed by atoms with Crippen LogP contribution < -0.4 is 20.3 Å². The number of ether oxygens (including phenoxy) is 2. The van der Waals surface area contributed by atoms with Crippen LogP contribution in [-0.2, 0) is 9.53 Å². The summed E-state index contributed by atoms with van der Waals surface area (Å²) in [4.78, 5) is 23.7. The Balaban J connectivity index is 1.42. The molecule has 0 spiro atoms. The maximum Gasteiger partial charge on any atom is 0.249 e. The van der Waals surface area contributed by atoms with Crippen molar-refractivity contribution in [3.05, 3.63) is 35.3 Å². The summed E-state index contributed by atoms with van der Waals surface area (Å²) in [5, 5.41) is 6.16. The minimum absolute atomic E-state index is 0.0185. The number of fused-ring (bicyclic) bond motifs is 1. The molecule has 0 saturated heterocycles. The average molecular weight is 494 g/mol. The lowest BCUT2D eigenvalue weighted by molar-refractivity contribution is -0.124. The molecule has 35 heavy (non-hydrogen) atoms. The van der Waals surface area contributed by atoms with Gasteiger partial charge >= 0.3 is 0 Å². The van der Waals surface area contributed by atoms with Gasteiger partial charge in [-0.15, -0.1) is 0 Å². The van der Waals surface area contributed by atoms with Crippen molar-refractivity contribution < 1.29 is 27.4 Å². The highest BCUT2D eigenvalue weighted by molar-refractivity contribution is 6.03. The molecule has 1 amide bonds. The highest BCUT2D eigenvalue weighted by Crippen LogP contribution is 2.35.